The molecule has 1 atom stereocenters. The summed E-state index contributed by atoms with van der Waals surface area (Å²) in [7, 11) is 1.55. The number of nitrogens with one attached hydrogen (secondary N) is 3. The molecule has 1 aromatic heterocycles. The molecule has 0 aromatic carbocycles. The van der Waals surface area contributed by atoms with E-state index in [0.29, 0.717) is 17.4 Å². The van der Waals surface area contributed by atoms with Crippen molar-refractivity contribution in [2.24, 2.45) is 0 Å². The van der Waals surface area contributed by atoms with Gasteiger partial charge in [-0.1, -0.05) is 0 Å². The van der Waals surface area contributed by atoms with Crippen LogP contribution in [0.3, 0.4) is 0 Å². The van der Waals surface area contributed by atoms with E-state index in [1.165, 1.54) is 0 Å². The first-order valence-electron chi connectivity index (χ1n) is 6.35. The van der Waals surface area contributed by atoms with Gasteiger partial charge in [0.1, 0.15) is 11.7 Å². The fourth-order valence-corrected chi connectivity index (χ4v) is 1.64. The van der Waals surface area contributed by atoms with Crippen molar-refractivity contribution < 1.29 is 9.59 Å². The molecular weight excluding hydrogens is 244 g/mol. The van der Waals surface area contributed by atoms with Gasteiger partial charge >= 0.3 is 0 Å². The molecule has 3 N–H and O–H groups in total. The normalized spacial score (nSPS) is 15.5. The molecular formula is C13H18N4O2. The lowest BCUT2D eigenvalue weighted by molar-refractivity contribution is -0.121. The van der Waals surface area contributed by atoms with E-state index in [9.17, 15) is 9.59 Å². The molecule has 19 heavy (non-hydrogen) atoms. The van der Waals surface area contributed by atoms with Crippen molar-refractivity contribution in [3.05, 3.63) is 24.0 Å². The number of carbonyl (C=O) groups excluding carboxylic acids is 2. The number of amides is 2. The quantitative estimate of drug-likeness (QED) is 0.722. The SMILES string of the molecule is CNC(=O)c1cc(NC(C)C(=O)NC2CC2)ccn1. The number of rotatable bonds is 5. The second kappa shape index (κ2) is 5.69. The van der Waals surface area contributed by atoms with Crippen molar-refractivity contribution in [3.8, 4) is 0 Å². The smallest absolute Gasteiger partial charge is 0.269 e. The van der Waals surface area contributed by atoms with Gasteiger partial charge in [0, 0.05) is 25.0 Å². The van der Waals surface area contributed by atoms with Crippen LogP contribution in [-0.4, -0.2) is 35.9 Å². The number of nitrogens with zero attached hydrogens (tertiary/aromatic N) is 1. The Kier molecular flexibility index (Phi) is 3.99. The van der Waals surface area contributed by atoms with Crippen molar-refractivity contribution in [2.45, 2.75) is 31.8 Å². The number of hydrogen-bond acceptors (Lipinski definition) is 4. The van der Waals surface area contributed by atoms with E-state index in [1.54, 1.807) is 32.3 Å². The summed E-state index contributed by atoms with van der Waals surface area (Å²) in [6, 6.07) is 3.35. The zero-order chi connectivity index (χ0) is 13.8. The number of pyridine rings is 1. The van der Waals surface area contributed by atoms with Gasteiger partial charge in [-0.2, -0.15) is 0 Å². The van der Waals surface area contributed by atoms with Crippen molar-refractivity contribution in [3.63, 3.8) is 0 Å². The predicted molar refractivity (Wildman–Crippen MR) is 71.9 cm³/mol. The summed E-state index contributed by atoms with van der Waals surface area (Å²) < 4.78 is 0. The van der Waals surface area contributed by atoms with Crippen LogP contribution in [0, 0.1) is 0 Å². The Bertz CT molecular complexity index is 485. The third kappa shape index (κ3) is 3.67. The Morgan fingerprint density at radius 3 is 2.79 bits per heavy atom. The summed E-state index contributed by atoms with van der Waals surface area (Å²) in [5, 5.41) is 8.50. The summed E-state index contributed by atoms with van der Waals surface area (Å²) in [5.41, 5.74) is 1.02. The molecule has 1 unspecified atom stereocenters. The maximum absolute atomic E-state index is 11.8. The van der Waals surface area contributed by atoms with Gasteiger partial charge in [-0.25, -0.2) is 0 Å². The van der Waals surface area contributed by atoms with Crippen LogP contribution < -0.4 is 16.0 Å². The van der Waals surface area contributed by atoms with Gasteiger partial charge in [-0.15, -0.1) is 0 Å². The summed E-state index contributed by atoms with van der Waals surface area (Å²) in [6.07, 6.45) is 3.67. The van der Waals surface area contributed by atoms with Crippen LogP contribution in [0.2, 0.25) is 0 Å². The molecule has 1 saturated carbocycles. The van der Waals surface area contributed by atoms with Crippen LogP contribution in [-0.2, 0) is 4.79 Å². The minimum atomic E-state index is -0.347. The van der Waals surface area contributed by atoms with Crippen molar-refractivity contribution >= 4 is 17.5 Å². The maximum atomic E-state index is 11.8. The third-order valence-corrected chi connectivity index (χ3v) is 2.92. The summed E-state index contributed by atoms with van der Waals surface area (Å²) in [5.74, 6) is -0.278. The van der Waals surface area contributed by atoms with Crippen LogP contribution in [0.4, 0.5) is 5.69 Å². The van der Waals surface area contributed by atoms with Gasteiger partial charge < -0.3 is 16.0 Å². The molecule has 0 radical (unpaired) electrons. The van der Waals surface area contributed by atoms with Gasteiger partial charge in [0.25, 0.3) is 5.91 Å². The highest BCUT2D eigenvalue weighted by molar-refractivity contribution is 5.93. The highest BCUT2D eigenvalue weighted by atomic mass is 16.2. The van der Waals surface area contributed by atoms with Crippen molar-refractivity contribution in [1.82, 2.24) is 15.6 Å². The van der Waals surface area contributed by atoms with Crippen LogP contribution in [0.25, 0.3) is 0 Å². The van der Waals surface area contributed by atoms with Crippen molar-refractivity contribution in [1.29, 1.82) is 0 Å². The molecule has 102 valence electrons. The number of aromatic nitrogens is 1. The largest absolute Gasteiger partial charge is 0.374 e. The van der Waals surface area contributed by atoms with Gasteiger partial charge in [0.2, 0.25) is 5.91 Å². The molecule has 0 bridgehead atoms. The Labute approximate surface area is 112 Å². The van der Waals surface area contributed by atoms with Gasteiger partial charge in [0.05, 0.1) is 0 Å². The third-order valence-electron chi connectivity index (χ3n) is 2.92. The zero-order valence-corrected chi connectivity index (χ0v) is 11.1. The molecule has 0 spiro atoms. The lowest BCUT2D eigenvalue weighted by Crippen LogP contribution is -2.38. The lowest BCUT2D eigenvalue weighted by Gasteiger charge is -2.15. The Morgan fingerprint density at radius 1 is 1.42 bits per heavy atom. The number of hydrogen-bond donors (Lipinski definition) is 3. The summed E-state index contributed by atoms with van der Waals surface area (Å²) >= 11 is 0. The van der Waals surface area contributed by atoms with Crippen molar-refractivity contribution in [2.75, 3.05) is 12.4 Å². The van der Waals surface area contributed by atoms with Gasteiger partial charge in [-0.05, 0) is 31.9 Å². The summed E-state index contributed by atoms with van der Waals surface area (Å²) in [6.45, 7) is 1.79. The highest BCUT2D eigenvalue weighted by Gasteiger charge is 2.25. The lowest BCUT2D eigenvalue weighted by atomic mass is 10.2. The van der Waals surface area contributed by atoms with Crippen LogP contribution in [0.15, 0.2) is 18.3 Å². The highest BCUT2D eigenvalue weighted by Crippen LogP contribution is 2.19. The molecule has 0 saturated heterocycles. The van der Waals surface area contributed by atoms with E-state index in [0.717, 1.165) is 12.8 Å². The van der Waals surface area contributed by atoms with E-state index >= 15 is 0 Å². The zero-order valence-electron chi connectivity index (χ0n) is 11.1. The van der Waals surface area contributed by atoms with Gasteiger partial charge in [0.15, 0.2) is 0 Å². The minimum Gasteiger partial charge on any atom is -0.374 e. The van der Waals surface area contributed by atoms with E-state index in [1.807, 2.05) is 0 Å². The predicted octanol–water partition coefficient (Wildman–Crippen LogP) is 0.520. The molecule has 1 heterocycles. The fourth-order valence-electron chi connectivity index (χ4n) is 1.64. The average Bonchev–Trinajstić information content (AvgIpc) is 3.22. The molecule has 0 aliphatic heterocycles. The fraction of sp³-hybridized carbons (Fsp3) is 0.462. The molecule has 6 nitrogen and oxygen atoms in total. The van der Waals surface area contributed by atoms with E-state index in [-0.39, 0.29) is 17.9 Å². The molecule has 1 fully saturated rings. The number of anilines is 1. The Hall–Kier alpha value is -2.11. The van der Waals surface area contributed by atoms with Gasteiger partial charge in [-0.3, -0.25) is 14.6 Å². The molecule has 2 rings (SSSR count). The molecule has 1 aromatic rings. The second-order valence-electron chi connectivity index (χ2n) is 4.66. The Morgan fingerprint density at radius 2 is 2.16 bits per heavy atom. The molecule has 1 aliphatic carbocycles. The van der Waals surface area contributed by atoms with Crippen LogP contribution >= 0.6 is 0 Å². The monoisotopic (exact) mass is 262 g/mol. The average molecular weight is 262 g/mol. The van der Waals surface area contributed by atoms with Crippen LogP contribution in [0.5, 0.6) is 0 Å². The first-order chi connectivity index (χ1) is 9.10. The first kappa shape index (κ1) is 13.3. The molecule has 1 aliphatic rings. The van der Waals surface area contributed by atoms with E-state index < -0.39 is 0 Å². The topological polar surface area (TPSA) is 83.1 Å². The van der Waals surface area contributed by atoms with E-state index in [4.69, 9.17) is 0 Å². The van der Waals surface area contributed by atoms with E-state index in [2.05, 4.69) is 20.9 Å². The molecule has 2 amide bonds. The minimum absolute atomic E-state index is 0.0270. The maximum Gasteiger partial charge on any atom is 0.269 e. The standard InChI is InChI=1S/C13H18N4O2/c1-8(12(18)17-9-3-4-9)16-10-5-6-15-11(7-10)13(19)14-2/h5-9H,3-4H2,1-2H3,(H,14,19)(H,15,16)(H,17,18). The van der Waals surface area contributed by atoms with Crippen LogP contribution in [0.1, 0.15) is 30.3 Å². The summed E-state index contributed by atoms with van der Waals surface area (Å²) in [4.78, 5) is 27.2. The first-order valence-corrected chi connectivity index (χ1v) is 6.35. The Balaban J connectivity index is 1.97. The number of carbonyl (C=O) groups is 2. The second-order valence-corrected chi connectivity index (χ2v) is 4.66. The molecule has 6 heteroatoms.